The Morgan fingerprint density at radius 1 is 1.26 bits per heavy atom. The molecule has 0 aliphatic carbocycles. The van der Waals surface area contributed by atoms with E-state index in [0.29, 0.717) is 31.9 Å². The molecule has 1 aromatic carbocycles. The van der Waals surface area contributed by atoms with Crippen molar-refractivity contribution in [3.05, 3.63) is 23.2 Å². The van der Waals surface area contributed by atoms with Crippen LogP contribution in [0.25, 0.3) is 0 Å². The second-order valence-electron chi connectivity index (χ2n) is 3.97. The third-order valence-corrected chi connectivity index (χ3v) is 4.70. The molecule has 0 radical (unpaired) electrons. The van der Waals surface area contributed by atoms with Gasteiger partial charge in [-0.05, 0) is 24.6 Å². The van der Waals surface area contributed by atoms with Gasteiger partial charge in [0.2, 0.25) is 0 Å². The van der Waals surface area contributed by atoms with Gasteiger partial charge in [0.15, 0.2) is 9.84 Å². The van der Waals surface area contributed by atoms with Crippen molar-refractivity contribution in [3.63, 3.8) is 0 Å². The zero-order valence-electron chi connectivity index (χ0n) is 10.8. The van der Waals surface area contributed by atoms with Gasteiger partial charge in [0.05, 0.1) is 28.9 Å². The minimum absolute atomic E-state index is 0.0103. The number of ether oxygens (including phenoxy) is 2. The molecule has 5 nitrogen and oxygen atoms in total. The first-order valence-corrected chi connectivity index (χ1v) is 7.85. The Morgan fingerprint density at radius 2 is 2.00 bits per heavy atom. The molecule has 1 aromatic rings. The van der Waals surface area contributed by atoms with Crippen LogP contribution in [-0.2, 0) is 19.3 Å². The van der Waals surface area contributed by atoms with Crippen LogP contribution in [0.2, 0.25) is 5.02 Å². The lowest BCUT2D eigenvalue weighted by molar-refractivity contribution is 0.0712. The van der Waals surface area contributed by atoms with Crippen LogP contribution < -0.4 is 5.73 Å². The van der Waals surface area contributed by atoms with E-state index in [2.05, 4.69) is 0 Å². The van der Waals surface area contributed by atoms with E-state index in [1.807, 2.05) is 0 Å². The van der Waals surface area contributed by atoms with Gasteiger partial charge in [-0.2, -0.15) is 0 Å². The standard InChI is InChI=1S/C12H18ClNO4S/c1-17-6-7-18-5-2-8-19(15,16)12-4-3-10(14)9-11(12)13/h3-4,9H,2,5-8,14H2,1H3. The lowest BCUT2D eigenvalue weighted by Crippen LogP contribution is -2.11. The summed E-state index contributed by atoms with van der Waals surface area (Å²) in [5.74, 6) is -0.0103. The van der Waals surface area contributed by atoms with Gasteiger partial charge in [-0.15, -0.1) is 0 Å². The van der Waals surface area contributed by atoms with Crippen LogP contribution in [0.15, 0.2) is 23.1 Å². The number of benzene rings is 1. The van der Waals surface area contributed by atoms with Gasteiger partial charge < -0.3 is 15.2 Å². The van der Waals surface area contributed by atoms with Crippen molar-refractivity contribution in [1.82, 2.24) is 0 Å². The highest BCUT2D eigenvalue weighted by Crippen LogP contribution is 2.24. The molecule has 0 saturated heterocycles. The molecule has 0 heterocycles. The summed E-state index contributed by atoms with van der Waals surface area (Å²) in [6.45, 7) is 1.32. The van der Waals surface area contributed by atoms with Crippen LogP contribution in [0.1, 0.15) is 6.42 Å². The lowest BCUT2D eigenvalue weighted by Gasteiger charge is -2.07. The van der Waals surface area contributed by atoms with Gasteiger partial charge >= 0.3 is 0 Å². The first-order chi connectivity index (χ1) is 8.97. The van der Waals surface area contributed by atoms with E-state index >= 15 is 0 Å². The molecule has 1 rings (SSSR count). The van der Waals surface area contributed by atoms with Crippen LogP contribution in [0, 0.1) is 0 Å². The molecule has 0 saturated carbocycles. The van der Waals surface area contributed by atoms with E-state index in [0.717, 1.165) is 0 Å². The minimum Gasteiger partial charge on any atom is -0.399 e. The van der Waals surface area contributed by atoms with E-state index in [-0.39, 0.29) is 15.7 Å². The van der Waals surface area contributed by atoms with Crippen LogP contribution in [0.5, 0.6) is 0 Å². The molecule has 0 bridgehead atoms. The van der Waals surface area contributed by atoms with Crippen LogP contribution in [0.3, 0.4) is 0 Å². The number of hydrogen-bond donors (Lipinski definition) is 1. The number of nitrogens with two attached hydrogens (primary N) is 1. The molecule has 19 heavy (non-hydrogen) atoms. The van der Waals surface area contributed by atoms with E-state index in [9.17, 15) is 8.42 Å². The third kappa shape index (κ3) is 5.36. The maximum atomic E-state index is 12.0. The second-order valence-corrected chi connectivity index (χ2v) is 6.45. The summed E-state index contributed by atoms with van der Waals surface area (Å²) in [6, 6.07) is 4.39. The number of anilines is 1. The first kappa shape index (κ1) is 16.2. The highest BCUT2D eigenvalue weighted by atomic mass is 35.5. The molecule has 0 aromatic heterocycles. The quantitative estimate of drug-likeness (QED) is 0.585. The summed E-state index contributed by atoms with van der Waals surface area (Å²) in [7, 11) is -1.82. The Morgan fingerprint density at radius 3 is 2.63 bits per heavy atom. The molecule has 108 valence electrons. The third-order valence-electron chi connectivity index (χ3n) is 2.42. The second kappa shape index (κ2) is 7.69. The topological polar surface area (TPSA) is 78.6 Å². The van der Waals surface area contributed by atoms with Crippen LogP contribution in [0.4, 0.5) is 5.69 Å². The number of sulfone groups is 1. The number of hydrogen-bond acceptors (Lipinski definition) is 5. The molecule has 0 aliphatic rings. The molecule has 2 N–H and O–H groups in total. The summed E-state index contributed by atoms with van der Waals surface area (Å²) >= 11 is 5.89. The van der Waals surface area contributed by atoms with E-state index < -0.39 is 9.84 Å². The maximum absolute atomic E-state index is 12.0. The monoisotopic (exact) mass is 307 g/mol. The maximum Gasteiger partial charge on any atom is 0.179 e. The Balaban J connectivity index is 2.52. The Bertz CT molecular complexity index is 504. The lowest BCUT2D eigenvalue weighted by atomic mass is 10.3. The highest BCUT2D eigenvalue weighted by molar-refractivity contribution is 7.91. The fourth-order valence-corrected chi connectivity index (χ4v) is 3.37. The van der Waals surface area contributed by atoms with Crippen molar-refractivity contribution in [2.75, 3.05) is 38.4 Å². The molecule has 0 spiro atoms. The van der Waals surface area contributed by atoms with Crippen molar-refractivity contribution in [1.29, 1.82) is 0 Å². The zero-order chi connectivity index (χ0) is 14.3. The predicted molar refractivity (Wildman–Crippen MR) is 75.2 cm³/mol. The minimum atomic E-state index is -3.40. The van der Waals surface area contributed by atoms with Gasteiger partial charge in [0.1, 0.15) is 0 Å². The average molecular weight is 308 g/mol. The van der Waals surface area contributed by atoms with Gasteiger partial charge in [0, 0.05) is 19.4 Å². The largest absolute Gasteiger partial charge is 0.399 e. The summed E-state index contributed by atoms with van der Waals surface area (Å²) in [5.41, 5.74) is 5.96. The average Bonchev–Trinajstić information content (AvgIpc) is 2.33. The van der Waals surface area contributed by atoms with Crippen molar-refractivity contribution in [3.8, 4) is 0 Å². The summed E-state index contributed by atoms with van der Waals surface area (Å²) < 4.78 is 34.1. The summed E-state index contributed by atoms with van der Waals surface area (Å²) in [5, 5.41) is 0.153. The van der Waals surface area contributed by atoms with Crippen molar-refractivity contribution in [2.45, 2.75) is 11.3 Å². The molecule has 0 fully saturated rings. The van der Waals surface area contributed by atoms with E-state index in [4.69, 9.17) is 26.8 Å². The van der Waals surface area contributed by atoms with Crippen molar-refractivity contribution < 1.29 is 17.9 Å². The fourth-order valence-electron chi connectivity index (χ4n) is 1.47. The molecule has 0 atom stereocenters. The van der Waals surface area contributed by atoms with Gasteiger partial charge in [-0.1, -0.05) is 11.6 Å². The van der Waals surface area contributed by atoms with Gasteiger partial charge in [-0.3, -0.25) is 0 Å². The number of rotatable bonds is 8. The summed E-state index contributed by atoms with van der Waals surface area (Å²) in [6.07, 6.45) is 0.409. The Hall–Kier alpha value is -0.820. The van der Waals surface area contributed by atoms with E-state index in [1.54, 1.807) is 7.11 Å². The first-order valence-electron chi connectivity index (χ1n) is 5.82. The van der Waals surface area contributed by atoms with Gasteiger partial charge in [0.25, 0.3) is 0 Å². The predicted octanol–water partition coefficient (Wildman–Crippen LogP) is 1.75. The van der Waals surface area contributed by atoms with Crippen LogP contribution >= 0.6 is 11.6 Å². The Labute approximate surface area is 118 Å². The molecule has 7 heteroatoms. The van der Waals surface area contributed by atoms with Crippen molar-refractivity contribution >= 4 is 27.1 Å². The number of halogens is 1. The summed E-state index contributed by atoms with van der Waals surface area (Å²) in [4.78, 5) is 0.111. The fraction of sp³-hybridized carbons (Fsp3) is 0.500. The van der Waals surface area contributed by atoms with Crippen molar-refractivity contribution in [2.24, 2.45) is 0 Å². The SMILES string of the molecule is COCCOCCCS(=O)(=O)c1ccc(N)cc1Cl. The Kier molecular flexibility index (Phi) is 6.57. The number of nitrogen functional groups attached to an aromatic ring is 1. The highest BCUT2D eigenvalue weighted by Gasteiger charge is 2.17. The van der Waals surface area contributed by atoms with E-state index in [1.165, 1.54) is 18.2 Å². The normalized spacial score (nSPS) is 11.7. The molecular weight excluding hydrogens is 290 g/mol. The van der Waals surface area contributed by atoms with Gasteiger partial charge in [-0.25, -0.2) is 8.42 Å². The molecule has 0 aliphatic heterocycles. The smallest absolute Gasteiger partial charge is 0.179 e. The number of methoxy groups -OCH3 is 1. The molecule has 0 unspecified atom stereocenters. The van der Waals surface area contributed by atoms with Crippen LogP contribution in [-0.4, -0.2) is 41.1 Å². The molecular formula is C12H18ClNO4S. The molecule has 0 amide bonds. The zero-order valence-corrected chi connectivity index (χ0v) is 12.3.